The molecule has 0 spiro atoms. The van der Waals surface area contributed by atoms with E-state index in [9.17, 15) is 26.7 Å². The Morgan fingerprint density at radius 3 is 2.29 bits per heavy atom. The van der Waals surface area contributed by atoms with Gasteiger partial charge in [-0.2, -0.15) is 0 Å². The minimum Gasteiger partial charge on any atom is -0.282 e. The maximum atomic E-state index is 13.4. The molecule has 0 N–H and O–H groups in total. The number of carbonyl (C=O) groups is 1. The number of thioether (sulfide) groups is 1. The van der Waals surface area contributed by atoms with Crippen molar-refractivity contribution in [2.45, 2.75) is 37.8 Å². The van der Waals surface area contributed by atoms with Crippen molar-refractivity contribution in [3.8, 4) is 0 Å². The average molecular weight is 326 g/mol. The number of alkyl halides is 5. The molecule has 0 amide bonds. The van der Waals surface area contributed by atoms with Crippen LogP contribution in [0, 0.1) is 0 Å². The maximum Gasteiger partial charge on any atom is 0.276 e. The van der Waals surface area contributed by atoms with Crippen LogP contribution < -0.4 is 0 Å². The number of hydrogen-bond acceptors (Lipinski definition) is 2. The van der Waals surface area contributed by atoms with Crippen molar-refractivity contribution in [3.63, 3.8) is 0 Å². The third-order valence-corrected chi connectivity index (χ3v) is 3.64. The summed E-state index contributed by atoms with van der Waals surface area (Å²) in [5.74, 6) is -7.62. The van der Waals surface area contributed by atoms with Gasteiger partial charge in [-0.05, 0) is 0 Å². The maximum absolute atomic E-state index is 13.4. The average Bonchev–Trinajstić information content (AvgIpc) is 2.37. The molecule has 0 aliphatic carbocycles. The Morgan fingerprint density at radius 1 is 1.19 bits per heavy atom. The van der Waals surface area contributed by atoms with Gasteiger partial charge >= 0.3 is 0 Å². The molecular formula is C14H15F5OS. The second-order valence-electron chi connectivity index (χ2n) is 4.74. The van der Waals surface area contributed by atoms with Crippen LogP contribution in [0.5, 0.6) is 0 Å². The molecule has 118 valence electrons. The lowest BCUT2D eigenvalue weighted by Gasteiger charge is -2.22. The van der Waals surface area contributed by atoms with Gasteiger partial charge in [-0.3, -0.25) is 4.79 Å². The summed E-state index contributed by atoms with van der Waals surface area (Å²) in [5.41, 5.74) is 0.370. The molecule has 1 rings (SSSR count). The summed E-state index contributed by atoms with van der Waals surface area (Å²) in [4.78, 5) is 11.6. The summed E-state index contributed by atoms with van der Waals surface area (Å²) in [7, 11) is 0. The fourth-order valence-electron chi connectivity index (χ4n) is 1.49. The molecule has 0 heterocycles. The number of benzene rings is 1. The Bertz CT molecular complexity index is 458. The van der Waals surface area contributed by atoms with Gasteiger partial charge in [-0.15, -0.1) is 0 Å². The number of halogens is 5. The van der Waals surface area contributed by atoms with Crippen LogP contribution in [-0.4, -0.2) is 28.9 Å². The Morgan fingerprint density at radius 2 is 1.76 bits per heavy atom. The van der Waals surface area contributed by atoms with E-state index in [0.717, 1.165) is 0 Å². The molecule has 0 bridgehead atoms. The standard InChI is InChI=1S/C14H15F5OS/c1-13(16,17)11(15)9-14(18,19)7-8-21-12(20)10-5-3-2-4-6-10/h2-6,11H,7-9H2,1H3. The molecule has 1 atom stereocenters. The van der Waals surface area contributed by atoms with E-state index in [2.05, 4.69) is 0 Å². The Hall–Kier alpha value is -1.11. The molecule has 1 aromatic carbocycles. The molecule has 0 saturated heterocycles. The SMILES string of the molecule is CC(F)(F)C(F)CC(F)(F)CCSC(=O)c1ccccc1. The van der Waals surface area contributed by atoms with E-state index in [1.807, 2.05) is 0 Å². The molecule has 1 aromatic rings. The highest BCUT2D eigenvalue weighted by molar-refractivity contribution is 8.14. The van der Waals surface area contributed by atoms with Gasteiger partial charge in [0, 0.05) is 31.1 Å². The summed E-state index contributed by atoms with van der Waals surface area (Å²) < 4.78 is 64.8. The molecule has 0 aromatic heterocycles. The third-order valence-electron chi connectivity index (χ3n) is 2.74. The topological polar surface area (TPSA) is 17.1 Å². The normalized spacial score (nSPS) is 14.0. The molecule has 7 heteroatoms. The second kappa shape index (κ2) is 7.24. The lowest BCUT2D eigenvalue weighted by Crippen LogP contribution is -2.33. The molecule has 0 saturated carbocycles. The highest BCUT2D eigenvalue weighted by atomic mass is 32.2. The molecule has 0 aliphatic rings. The fraction of sp³-hybridized carbons (Fsp3) is 0.500. The van der Waals surface area contributed by atoms with Crippen LogP contribution in [0.1, 0.15) is 30.1 Å². The van der Waals surface area contributed by atoms with Crippen molar-refractivity contribution in [2.24, 2.45) is 0 Å². The monoisotopic (exact) mass is 326 g/mol. The first-order chi connectivity index (χ1) is 9.62. The fourth-order valence-corrected chi connectivity index (χ4v) is 2.38. The number of rotatable bonds is 7. The lowest BCUT2D eigenvalue weighted by atomic mass is 10.1. The van der Waals surface area contributed by atoms with Gasteiger partial charge in [0.1, 0.15) is 0 Å². The molecule has 0 radical (unpaired) electrons. The number of hydrogen-bond donors (Lipinski definition) is 0. The summed E-state index contributed by atoms with van der Waals surface area (Å²) in [6.45, 7) is 0.265. The lowest BCUT2D eigenvalue weighted by molar-refractivity contribution is -0.107. The quantitative estimate of drug-likeness (QED) is 0.658. The Balaban J connectivity index is 2.42. The Labute approximate surface area is 123 Å². The Kier molecular flexibility index (Phi) is 6.19. The van der Waals surface area contributed by atoms with Crippen LogP contribution in [0.4, 0.5) is 22.0 Å². The number of carbonyl (C=O) groups excluding carboxylic acids is 1. The highest BCUT2D eigenvalue weighted by Gasteiger charge is 2.42. The van der Waals surface area contributed by atoms with Crippen LogP contribution >= 0.6 is 11.8 Å². The summed E-state index contributed by atoms with van der Waals surface area (Å²) in [5, 5.41) is -0.385. The van der Waals surface area contributed by atoms with Gasteiger partial charge in [0.05, 0.1) is 0 Å². The first kappa shape index (κ1) is 17.9. The van der Waals surface area contributed by atoms with Crippen molar-refractivity contribution < 1.29 is 26.7 Å². The molecule has 1 unspecified atom stereocenters. The van der Waals surface area contributed by atoms with Crippen LogP contribution in [0.3, 0.4) is 0 Å². The van der Waals surface area contributed by atoms with E-state index in [0.29, 0.717) is 17.3 Å². The summed E-state index contributed by atoms with van der Waals surface area (Å²) in [6, 6.07) is 8.08. The molecule has 0 fully saturated rings. The van der Waals surface area contributed by atoms with E-state index in [1.165, 1.54) is 0 Å². The van der Waals surface area contributed by atoms with Gasteiger partial charge in [0.25, 0.3) is 11.8 Å². The molecular weight excluding hydrogens is 311 g/mol. The van der Waals surface area contributed by atoms with Gasteiger partial charge in [-0.1, -0.05) is 42.1 Å². The van der Waals surface area contributed by atoms with E-state index in [-0.39, 0.29) is 17.8 Å². The van der Waals surface area contributed by atoms with Gasteiger partial charge in [0.2, 0.25) is 5.12 Å². The molecule has 1 nitrogen and oxygen atoms in total. The van der Waals surface area contributed by atoms with Crippen molar-refractivity contribution in [1.82, 2.24) is 0 Å². The van der Waals surface area contributed by atoms with Crippen LogP contribution in [-0.2, 0) is 0 Å². The first-order valence-corrected chi connectivity index (χ1v) is 7.22. The van der Waals surface area contributed by atoms with Crippen molar-refractivity contribution in [2.75, 3.05) is 5.75 Å². The van der Waals surface area contributed by atoms with Crippen LogP contribution in [0.2, 0.25) is 0 Å². The summed E-state index contributed by atoms with van der Waals surface area (Å²) >= 11 is 0.662. The van der Waals surface area contributed by atoms with Crippen molar-refractivity contribution >= 4 is 16.9 Å². The van der Waals surface area contributed by atoms with Crippen molar-refractivity contribution in [1.29, 1.82) is 0 Å². The minimum absolute atomic E-state index is 0.261. The zero-order valence-electron chi connectivity index (χ0n) is 11.3. The predicted octanol–water partition coefficient (Wildman–Crippen LogP) is 4.97. The molecule has 21 heavy (non-hydrogen) atoms. The van der Waals surface area contributed by atoms with E-state index in [4.69, 9.17) is 0 Å². The molecule has 0 aliphatic heterocycles. The predicted molar refractivity (Wildman–Crippen MR) is 72.9 cm³/mol. The third kappa shape index (κ3) is 6.46. The van der Waals surface area contributed by atoms with Gasteiger partial charge < -0.3 is 0 Å². The summed E-state index contributed by atoms with van der Waals surface area (Å²) in [6.07, 6.45) is -5.27. The zero-order chi connectivity index (χ0) is 16.1. The minimum atomic E-state index is -3.80. The van der Waals surface area contributed by atoms with Crippen molar-refractivity contribution in [3.05, 3.63) is 35.9 Å². The smallest absolute Gasteiger partial charge is 0.276 e. The zero-order valence-corrected chi connectivity index (χ0v) is 12.1. The second-order valence-corrected chi connectivity index (χ2v) is 5.80. The van der Waals surface area contributed by atoms with Gasteiger partial charge in [0.15, 0.2) is 6.17 Å². The van der Waals surface area contributed by atoms with Crippen LogP contribution in [0.15, 0.2) is 30.3 Å². The van der Waals surface area contributed by atoms with Crippen LogP contribution in [0.25, 0.3) is 0 Å². The van der Waals surface area contributed by atoms with E-state index >= 15 is 0 Å². The largest absolute Gasteiger partial charge is 0.282 e. The van der Waals surface area contributed by atoms with E-state index < -0.39 is 30.9 Å². The van der Waals surface area contributed by atoms with Gasteiger partial charge in [-0.25, -0.2) is 22.0 Å². The first-order valence-electron chi connectivity index (χ1n) is 6.24. The van der Waals surface area contributed by atoms with E-state index in [1.54, 1.807) is 30.3 Å². The highest BCUT2D eigenvalue weighted by Crippen LogP contribution is 2.33.